The number of benzene rings is 2. The van der Waals surface area contributed by atoms with Gasteiger partial charge in [0.2, 0.25) is 0 Å². The highest BCUT2D eigenvalue weighted by Gasteiger charge is 2.24. The smallest absolute Gasteiger partial charge is 0.261 e. The minimum Gasteiger partial charge on any atom is -0.484 e. The molecule has 7 nitrogen and oxygen atoms in total. The molecule has 2 aliphatic rings. The van der Waals surface area contributed by atoms with Crippen LogP contribution in [0.1, 0.15) is 23.5 Å². The average molecular weight is 414 g/mol. The molecule has 1 amide bonds. The zero-order chi connectivity index (χ0) is 20.9. The Hall–Kier alpha value is -3.61. The highest BCUT2D eigenvalue weighted by atomic mass is 16.5. The van der Waals surface area contributed by atoms with Gasteiger partial charge < -0.3 is 14.6 Å². The van der Waals surface area contributed by atoms with Gasteiger partial charge in [0.1, 0.15) is 11.6 Å². The van der Waals surface area contributed by atoms with Crippen LogP contribution < -0.4 is 10.3 Å². The van der Waals surface area contributed by atoms with Crippen molar-refractivity contribution in [2.45, 2.75) is 32.4 Å². The fourth-order valence-electron chi connectivity index (χ4n) is 4.77. The van der Waals surface area contributed by atoms with Crippen LogP contribution in [0.3, 0.4) is 0 Å². The largest absolute Gasteiger partial charge is 0.484 e. The third-order valence-corrected chi connectivity index (χ3v) is 6.39. The molecule has 2 aromatic carbocycles. The maximum atomic E-state index is 12.8. The van der Waals surface area contributed by atoms with E-state index in [4.69, 9.17) is 4.74 Å². The van der Waals surface area contributed by atoms with Crippen molar-refractivity contribution in [2.75, 3.05) is 13.2 Å². The lowest BCUT2D eigenvalue weighted by atomic mass is 10.0. The third kappa shape index (κ3) is 3.00. The second-order valence-corrected chi connectivity index (χ2v) is 8.25. The number of H-pyrrole nitrogens is 1. The highest BCUT2D eigenvalue weighted by molar-refractivity contribution is 5.86. The number of aromatic nitrogens is 3. The summed E-state index contributed by atoms with van der Waals surface area (Å²) in [6.07, 6.45) is 2.58. The molecule has 0 spiro atoms. The van der Waals surface area contributed by atoms with Crippen molar-refractivity contribution in [1.82, 2.24) is 19.4 Å². The first kappa shape index (κ1) is 18.2. The number of aromatic amines is 1. The topological polar surface area (TPSA) is 80.2 Å². The van der Waals surface area contributed by atoms with Gasteiger partial charge in [-0.25, -0.2) is 4.98 Å². The molecule has 4 aromatic rings. The van der Waals surface area contributed by atoms with Crippen molar-refractivity contribution in [1.29, 1.82) is 0 Å². The molecule has 7 heteroatoms. The first-order valence-electron chi connectivity index (χ1n) is 10.7. The van der Waals surface area contributed by atoms with Crippen molar-refractivity contribution in [3.63, 3.8) is 0 Å². The standard InChI is InChI=1S/C24H22N4O3/c29-23(27-11-9-20-18(13-27)16-4-1-2-5-19(16)25-20)14-31-15-7-8-17-21(12-15)26-22-6-3-10-28(22)24(17)30/h1-2,4-5,7-8,12,25H,3,6,9-11,13-14H2. The predicted molar refractivity (Wildman–Crippen MR) is 117 cm³/mol. The molecule has 2 aliphatic heterocycles. The van der Waals surface area contributed by atoms with Crippen molar-refractivity contribution < 1.29 is 9.53 Å². The molecule has 0 saturated carbocycles. The summed E-state index contributed by atoms with van der Waals surface area (Å²) < 4.78 is 7.55. The lowest BCUT2D eigenvalue weighted by Crippen LogP contribution is -2.38. The van der Waals surface area contributed by atoms with Crippen molar-refractivity contribution in [3.8, 4) is 5.75 Å². The fraction of sp³-hybridized carbons (Fsp3) is 0.292. The normalized spacial score (nSPS) is 15.3. The van der Waals surface area contributed by atoms with E-state index in [9.17, 15) is 9.59 Å². The SMILES string of the molecule is O=C(COc1ccc2c(=O)n3c(nc2c1)CCC3)N1CCc2[nH]c3ccccc3c2C1. The van der Waals surface area contributed by atoms with E-state index in [0.29, 0.717) is 29.7 Å². The number of rotatable bonds is 3. The zero-order valence-corrected chi connectivity index (χ0v) is 17.1. The molecular weight excluding hydrogens is 392 g/mol. The highest BCUT2D eigenvalue weighted by Crippen LogP contribution is 2.27. The number of amides is 1. The lowest BCUT2D eigenvalue weighted by Gasteiger charge is -2.27. The van der Waals surface area contributed by atoms with E-state index in [0.717, 1.165) is 37.1 Å². The molecule has 0 aliphatic carbocycles. The van der Waals surface area contributed by atoms with Crippen LogP contribution in [0.15, 0.2) is 47.3 Å². The van der Waals surface area contributed by atoms with Crippen LogP contribution >= 0.6 is 0 Å². The van der Waals surface area contributed by atoms with Gasteiger partial charge in [-0.2, -0.15) is 0 Å². The Labute approximate surface area is 178 Å². The van der Waals surface area contributed by atoms with E-state index >= 15 is 0 Å². The number of ether oxygens (including phenoxy) is 1. The second-order valence-electron chi connectivity index (χ2n) is 8.25. The first-order valence-corrected chi connectivity index (χ1v) is 10.7. The fourth-order valence-corrected chi connectivity index (χ4v) is 4.77. The third-order valence-electron chi connectivity index (χ3n) is 6.39. The van der Waals surface area contributed by atoms with Crippen LogP contribution in [-0.4, -0.2) is 38.5 Å². The molecule has 0 bridgehead atoms. The second kappa shape index (κ2) is 6.97. The Morgan fingerprint density at radius 2 is 2.00 bits per heavy atom. The van der Waals surface area contributed by atoms with Gasteiger partial charge in [-0.1, -0.05) is 18.2 Å². The average Bonchev–Trinajstić information content (AvgIpc) is 3.41. The van der Waals surface area contributed by atoms with Gasteiger partial charge in [0.15, 0.2) is 6.61 Å². The lowest BCUT2D eigenvalue weighted by molar-refractivity contribution is -0.134. The molecule has 2 aromatic heterocycles. The molecule has 0 fully saturated rings. The van der Waals surface area contributed by atoms with Gasteiger partial charge in [-0.3, -0.25) is 14.2 Å². The monoisotopic (exact) mass is 414 g/mol. The van der Waals surface area contributed by atoms with Gasteiger partial charge in [0, 0.05) is 60.7 Å². The summed E-state index contributed by atoms with van der Waals surface area (Å²) in [5.74, 6) is 1.34. The van der Waals surface area contributed by atoms with Crippen molar-refractivity contribution >= 4 is 27.7 Å². The Bertz CT molecular complexity index is 1400. The molecule has 4 heterocycles. The molecule has 0 radical (unpaired) electrons. The molecule has 6 rings (SSSR count). The van der Waals surface area contributed by atoms with Crippen LogP contribution in [0.5, 0.6) is 5.75 Å². The number of hydrogen-bond donors (Lipinski definition) is 1. The number of aryl methyl sites for hydroxylation is 1. The maximum Gasteiger partial charge on any atom is 0.261 e. The Morgan fingerprint density at radius 1 is 1.10 bits per heavy atom. The number of nitrogens with one attached hydrogen (secondary N) is 1. The quantitative estimate of drug-likeness (QED) is 0.559. The molecule has 0 unspecified atom stereocenters. The van der Waals surface area contributed by atoms with Gasteiger partial charge in [0.25, 0.3) is 11.5 Å². The Kier molecular flexibility index (Phi) is 4.09. The van der Waals surface area contributed by atoms with Gasteiger partial charge >= 0.3 is 0 Å². The Morgan fingerprint density at radius 3 is 2.94 bits per heavy atom. The van der Waals surface area contributed by atoms with Crippen LogP contribution in [-0.2, 0) is 30.7 Å². The number of carbonyl (C=O) groups is 1. The summed E-state index contributed by atoms with van der Waals surface area (Å²) in [5.41, 5.74) is 4.15. The van der Waals surface area contributed by atoms with Crippen LogP contribution in [0.4, 0.5) is 0 Å². The van der Waals surface area contributed by atoms with Crippen molar-refractivity contribution in [3.05, 3.63) is 69.9 Å². The van der Waals surface area contributed by atoms with E-state index in [2.05, 4.69) is 22.1 Å². The molecular formula is C24H22N4O3. The van der Waals surface area contributed by atoms with E-state index in [1.807, 2.05) is 17.0 Å². The van der Waals surface area contributed by atoms with E-state index < -0.39 is 0 Å². The molecule has 0 saturated heterocycles. The van der Waals surface area contributed by atoms with E-state index in [1.165, 1.54) is 16.6 Å². The Balaban J connectivity index is 1.19. The first-order chi connectivity index (χ1) is 15.2. The number of hydrogen-bond acceptors (Lipinski definition) is 4. The summed E-state index contributed by atoms with van der Waals surface area (Å²) in [7, 11) is 0. The van der Waals surface area contributed by atoms with Gasteiger partial charge in [-0.15, -0.1) is 0 Å². The summed E-state index contributed by atoms with van der Waals surface area (Å²) in [6, 6.07) is 13.5. The van der Waals surface area contributed by atoms with Crippen LogP contribution in [0.25, 0.3) is 21.8 Å². The minimum absolute atomic E-state index is 0.00276. The molecule has 1 N–H and O–H groups in total. The minimum atomic E-state index is -0.0435. The molecule has 156 valence electrons. The van der Waals surface area contributed by atoms with Gasteiger partial charge in [-0.05, 0) is 24.6 Å². The summed E-state index contributed by atoms with van der Waals surface area (Å²) >= 11 is 0. The van der Waals surface area contributed by atoms with E-state index in [1.54, 1.807) is 22.8 Å². The number of carbonyl (C=O) groups excluding carboxylic acids is 1. The summed E-state index contributed by atoms with van der Waals surface area (Å²) in [6.45, 7) is 1.96. The van der Waals surface area contributed by atoms with Gasteiger partial charge in [0.05, 0.1) is 10.9 Å². The van der Waals surface area contributed by atoms with E-state index in [-0.39, 0.29) is 18.1 Å². The van der Waals surface area contributed by atoms with Crippen molar-refractivity contribution in [2.24, 2.45) is 0 Å². The molecule has 0 atom stereocenters. The summed E-state index contributed by atoms with van der Waals surface area (Å²) in [4.78, 5) is 35.4. The van der Waals surface area contributed by atoms with Crippen LogP contribution in [0.2, 0.25) is 0 Å². The number of fused-ring (bicyclic) bond motifs is 5. The predicted octanol–water partition coefficient (Wildman–Crippen LogP) is 2.79. The van der Waals surface area contributed by atoms with Crippen LogP contribution in [0, 0.1) is 0 Å². The maximum absolute atomic E-state index is 12.8. The number of nitrogens with zero attached hydrogens (tertiary/aromatic N) is 3. The zero-order valence-electron chi connectivity index (χ0n) is 17.1. The molecule has 31 heavy (non-hydrogen) atoms. The summed E-state index contributed by atoms with van der Waals surface area (Å²) in [5, 5.41) is 1.77. The number of para-hydroxylation sites is 1.